The molecule has 1 aromatic rings. The Kier molecular flexibility index (Phi) is 4.52. The van der Waals surface area contributed by atoms with E-state index in [9.17, 15) is 22.4 Å². The van der Waals surface area contributed by atoms with Gasteiger partial charge in [0.2, 0.25) is 0 Å². The number of hydrogen-bond donors (Lipinski definition) is 1. The maximum absolute atomic E-state index is 12.9. The summed E-state index contributed by atoms with van der Waals surface area (Å²) < 4.78 is 54.4. The first kappa shape index (κ1) is 14.3. The lowest BCUT2D eigenvalue weighted by atomic mass is 10.2. The lowest BCUT2D eigenvalue weighted by Crippen LogP contribution is -2.17. The van der Waals surface area contributed by atoms with Gasteiger partial charge in [0.15, 0.2) is 0 Å². The van der Waals surface area contributed by atoms with Gasteiger partial charge in [-0.1, -0.05) is 0 Å². The van der Waals surface area contributed by atoms with Crippen molar-refractivity contribution < 1.29 is 32.2 Å². The average Bonchev–Trinajstić information content (AvgIpc) is 2.25. The van der Waals surface area contributed by atoms with Gasteiger partial charge in [0.1, 0.15) is 18.5 Å². The SMILES string of the molecule is O=C(O)CC(F)COc1ccc(C(F)(F)F)cc1. The van der Waals surface area contributed by atoms with Crippen LogP contribution in [0.5, 0.6) is 5.75 Å². The molecule has 0 saturated carbocycles. The fourth-order valence-corrected chi connectivity index (χ4v) is 1.18. The summed E-state index contributed by atoms with van der Waals surface area (Å²) in [6, 6.07) is 3.71. The number of hydrogen-bond acceptors (Lipinski definition) is 2. The number of carboxylic acid groups (broad SMARTS) is 1. The monoisotopic (exact) mass is 266 g/mol. The average molecular weight is 266 g/mol. The maximum atomic E-state index is 12.9. The van der Waals surface area contributed by atoms with Crippen LogP contribution in [0.4, 0.5) is 17.6 Å². The highest BCUT2D eigenvalue weighted by molar-refractivity contribution is 5.67. The van der Waals surface area contributed by atoms with Gasteiger partial charge >= 0.3 is 12.1 Å². The molecule has 0 radical (unpaired) electrons. The van der Waals surface area contributed by atoms with Crippen LogP contribution in [0.3, 0.4) is 0 Å². The molecule has 0 aliphatic carbocycles. The first-order chi connectivity index (χ1) is 8.29. The zero-order valence-corrected chi connectivity index (χ0v) is 9.08. The van der Waals surface area contributed by atoms with Gasteiger partial charge in [-0.25, -0.2) is 4.39 Å². The fourth-order valence-electron chi connectivity index (χ4n) is 1.18. The lowest BCUT2D eigenvalue weighted by molar-refractivity contribution is -0.139. The van der Waals surface area contributed by atoms with Crippen molar-refractivity contribution in [3.63, 3.8) is 0 Å². The standard InChI is InChI=1S/C11H10F4O3/c12-8(5-10(16)17)6-18-9-3-1-7(2-4-9)11(13,14)15/h1-4,8H,5-6H2,(H,16,17). The molecule has 7 heteroatoms. The minimum atomic E-state index is -4.44. The van der Waals surface area contributed by atoms with E-state index in [2.05, 4.69) is 0 Å². The van der Waals surface area contributed by atoms with Crippen LogP contribution in [0.1, 0.15) is 12.0 Å². The summed E-state index contributed by atoms with van der Waals surface area (Å²) in [5.41, 5.74) is -0.836. The minimum absolute atomic E-state index is 0.0519. The van der Waals surface area contributed by atoms with E-state index in [0.717, 1.165) is 24.3 Å². The van der Waals surface area contributed by atoms with Crippen LogP contribution in [0, 0.1) is 0 Å². The van der Waals surface area contributed by atoms with Gasteiger partial charge in [-0.05, 0) is 24.3 Å². The molecule has 0 aliphatic rings. The van der Waals surface area contributed by atoms with Crippen LogP contribution in [-0.2, 0) is 11.0 Å². The van der Waals surface area contributed by atoms with E-state index in [-0.39, 0.29) is 5.75 Å². The Hall–Kier alpha value is -1.79. The Morgan fingerprint density at radius 3 is 2.28 bits per heavy atom. The van der Waals surface area contributed by atoms with E-state index in [4.69, 9.17) is 9.84 Å². The summed E-state index contributed by atoms with van der Waals surface area (Å²) in [5, 5.41) is 8.29. The number of rotatable bonds is 5. The van der Waals surface area contributed by atoms with Crippen LogP contribution in [-0.4, -0.2) is 23.9 Å². The summed E-state index contributed by atoms with van der Waals surface area (Å²) in [7, 11) is 0. The highest BCUT2D eigenvalue weighted by Gasteiger charge is 2.30. The van der Waals surface area contributed by atoms with Crippen LogP contribution in [0.15, 0.2) is 24.3 Å². The molecule has 0 bridgehead atoms. The first-order valence-corrected chi connectivity index (χ1v) is 4.95. The zero-order valence-electron chi connectivity index (χ0n) is 9.08. The Morgan fingerprint density at radius 2 is 1.83 bits per heavy atom. The second-order valence-electron chi connectivity index (χ2n) is 3.53. The van der Waals surface area contributed by atoms with E-state index in [1.807, 2.05) is 0 Å². The summed E-state index contributed by atoms with van der Waals surface area (Å²) in [6.07, 6.45) is -6.85. The molecule has 0 saturated heterocycles. The Balaban J connectivity index is 2.52. The second kappa shape index (κ2) is 5.70. The molecule has 100 valence electrons. The van der Waals surface area contributed by atoms with E-state index in [1.165, 1.54) is 0 Å². The normalized spacial score (nSPS) is 13.1. The molecule has 0 aliphatic heterocycles. The minimum Gasteiger partial charge on any atom is -0.491 e. The molecular weight excluding hydrogens is 256 g/mol. The Bertz CT molecular complexity index is 400. The van der Waals surface area contributed by atoms with Crippen molar-refractivity contribution >= 4 is 5.97 Å². The quantitative estimate of drug-likeness (QED) is 0.833. The molecule has 1 atom stereocenters. The van der Waals surface area contributed by atoms with E-state index in [0.29, 0.717) is 0 Å². The van der Waals surface area contributed by atoms with Gasteiger partial charge in [-0.2, -0.15) is 13.2 Å². The molecule has 0 spiro atoms. The van der Waals surface area contributed by atoms with Crippen molar-refractivity contribution in [1.82, 2.24) is 0 Å². The highest BCUT2D eigenvalue weighted by atomic mass is 19.4. The number of halogens is 4. The molecule has 0 amide bonds. The molecule has 0 heterocycles. The smallest absolute Gasteiger partial charge is 0.416 e. The number of benzene rings is 1. The molecule has 0 aromatic heterocycles. The Labute approximate surface area is 100.0 Å². The maximum Gasteiger partial charge on any atom is 0.416 e. The largest absolute Gasteiger partial charge is 0.491 e. The molecule has 3 nitrogen and oxygen atoms in total. The summed E-state index contributed by atoms with van der Waals surface area (Å²) in [6.45, 7) is -0.516. The van der Waals surface area contributed by atoms with E-state index < -0.39 is 36.9 Å². The lowest BCUT2D eigenvalue weighted by Gasteiger charge is -2.10. The molecule has 1 rings (SSSR count). The van der Waals surface area contributed by atoms with Crippen LogP contribution in [0.2, 0.25) is 0 Å². The number of ether oxygens (including phenoxy) is 1. The molecular formula is C11H10F4O3. The van der Waals surface area contributed by atoms with Gasteiger partial charge < -0.3 is 9.84 Å². The summed E-state index contributed by atoms with van der Waals surface area (Å²) >= 11 is 0. The Morgan fingerprint density at radius 1 is 1.28 bits per heavy atom. The summed E-state index contributed by atoms with van der Waals surface area (Å²) in [4.78, 5) is 10.2. The molecule has 1 aromatic carbocycles. The van der Waals surface area contributed by atoms with Gasteiger partial charge in [0.05, 0.1) is 12.0 Å². The number of carboxylic acids is 1. The van der Waals surface area contributed by atoms with Crippen LogP contribution < -0.4 is 4.74 Å². The second-order valence-corrected chi connectivity index (χ2v) is 3.53. The van der Waals surface area contributed by atoms with Gasteiger partial charge in [-0.15, -0.1) is 0 Å². The van der Waals surface area contributed by atoms with Crippen LogP contribution >= 0.6 is 0 Å². The predicted molar refractivity (Wildman–Crippen MR) is 54.1 cm³/mol. The molecule has 1 unspecified atom stereocenters. The van der Waals surface area contributed by atoms with Gasteiger partial charge in [0, 0.05) is 0 Å². The number of aliphatic carboxylic acids is 1. The van der Waals surface area contributed by atoms with Crippen molar-refractivity contribution in [3.8, 4) is 5.75 Å². The van der Waals surface area contributed by atoms with Crippen molar-refractivity contribution in [2.45, 2.75) is 18.8 Å². The van der Waals surface area contributed by atoms with Crippen LogP contribution in [0.25, 0.3) is 0 Å². The fraction of sp³-hybridized carbons (Fsp3) is 0.364. The third kappa shape index (κ3) is 4.60. The molecule has 0 fully saturated rings. The van der Waals surface area contributed by atoms with Crippen molar-refractivity contribution in [2.24, 2.45) is 0 Å². The summed E-state index contributed by atoms with van der Waals surface area (Å²) in [5.74, 6) is -1.26. The number of alkyl halides is 4. The van der Waals surface area contributed by atoms with Crippen molar-refractivity contribution in [3.05, 3.63) is 29.8 Å². The number of carbonyl (C=O) groups is 1. The van der Waals surface area contributed by atoms with Gasteiger partial charge in [-0.3, -0.25) is 4.79 Å². The zero-order chi connectivity index (χ0) is 13.8. The van der Waals surface area contributed by atoms with E-state index in [1.54, 1.807) is 0 Å². The van der Waals surface area contributed by atoms with Crippen molar-refractivity contribution in [2.75, 3.05) is 6.61 Å². The molecule has 1 N–H and O–H groups in total. The third-order valence-electron chi connectivity index (χ3n) is 2.01. The van der Waals surface area contributed by atoms with Crippen molar-refractivity contribution in [1.29, 1.82) is 0 Å². The predicted octanol–water partition coefficient (Wildman–Crippen LogP) is 2.90. The first-order valence-electron chi connectivity index (χ1n) is 4.95. The third-order valence-corrected chi connectivity index (χ3v) is 2.01. The highest BCUT2D eigenvalue weighted by Crippen LogP contribution is 2.30. The van der Waals surface area contributed by atoms with Gasteiger partial charge in [0.25, 0.3) is 0 Å². The van der Waals surface area contributed by atoms with E-state index >= 15 is 0 Å². The topological polar surface area (TPSA) is 46.5 Å². The molecule has 18 heavy (non-hydrogen) atoms.